The van der Waals surface area contributed by atoms with Crippen molar-refractivity contribution in [3.05, 3.63) is 0 Å². The Balaban J connectivity index is 1.73. The lowest BCUT2D eigenvalue weighted by Gasteiger charge is -2.35. The van der Waals surface area contributed by atoms with Crippen molar-refractivity contribution in [2.45, 2.75) is 44.2 Å². The van der Waals surface area contributed by atoms with Crippen LogP contribution in [-0.4, -0.2) is 60.9 Å². The minimum absolute atomic E-state index is 0.0358. The fourth-order valence-electron chi connectivity index (χ4n) is 2.75. The SMILES string of the molecule is O=C([C@H]1CCCCN1)N1CCC(OCCO)CC1. The summed E-state index contributed by atoms with van der Waals surface area (Å²) in [5.74, 6) is 0.260. The molecule has 2 heterocycles. The first-order valence-electron chi connectivity index (χ1n) is 7.06. The maximum absolute atomic E-state index is 12.3. The van der Waals surface area contributed by atoms with E-state index in [4.69, 9.17) is 9.84 Å². The molecule has 0 radical (unpaired) electrons. The number of carbonyl (C=O) groups is 1. The molecule has 0 aliphatic carbocycles. The van der Waals surface area contributed by atoms with Crippen LogP contribution in [0.15, 0.2) is 0 Å². The van der Waals surface area contributed by atoms with Crippen molar-refractivity contribution in [2.75, 3.05) is 32.8 Å². The molecule has 2 rings (SSSR count). The van der Waals surface area contributed by atoms with Gasteiger partial charge in [-0.1, -0.05) is 6.42 Å². The Morgan fingerprint density at radius 2 is 2.06 bits per heavy atom. The maximum Gasteiger partial charge on any atom is 0.239 e. The molecule has 0 spiro atoms. The highest BCUT2D eigenvalue weighted by Crippen LogP contribution is 2.17. The van der Waals surface area contributed by atoms with Crippen LogP contribution in [0.3, 0.4) is 0 Å². The highest BCUT2D eigenvalue weighted by Gasteiger charge is 2.28. The Morgan fingerprint density at radius 1 is 1.28 bits per heavy atom. The van der Waals surface area contributed by atoms with Gasteiger partial charge in [-0.05, 0) is 32.2 Å². The van der Waals surface area contributed by atoms with Crippen LogP contribution in [0.1, 0.15) is 32.1 Å². The number of nitrogens with zero attached hydrogens (tertiary/aromatic N) is 1. The molecule has 104 valence electrons. The lowest BCUT2D eigenvalue weighted by molar-refractivity contribution is -0.136. The van der Waals surface area contributed by atoms with Crippen LogP contribution < -0.4 is 5.32 Å². The average Bonchev–Trinajstić information content (AvgIpc) is 2.46. The molecule has 1 atom stereocenters. The van der Waals surface area contributed by atoms with E-state index in [1.165, 1.54) is 6.42 Å². The summed E-state index contributed by atoms with van der Waals surface area (Å²) in [6, 6.07) is 0.0358. The largest absolute Gasteiger partial charge is 0.394 e. The minimum atomic E-state index is 0.0358. The topological polar surface area (TPSA) is 61.8 Å². The summed E-state index contributed by atoms with van der Waals surface area (Å²) in [6.07, 6.45) is 5.29. The second kappa shape index (κ2) is 7.07. The lowest BCUT2D eigenvalue weighted by Crippen LogP contribution is -2.51. The van der Waals surface area contributed by atoms with Crippen molar-refractivity contribution >= 4 is 5.91 Å². The normalized spacial score (nSPS) is 26.3. The van der Waals surface area contributed by atoms with Crippen molar-refractivity contribution in [1.82, 2.24) is 10.2 Å². The van der Waals surface area contributed by atoms with E-state index >= 15 is 0 Å². The molecule has 2 aliphatic rings. The second-order valence-corrected chi connectivity index (χ2v) is 5.12. The van der Waals surface area contributed by atoms with Crippen molar-refractivity contribution in [3.63, 3.8) is 0 Å². The molecule has 1 amide bonds. The molecular weight excluding hydrogens is 232 g/mol. The number of ether oxygens (including phenoxy) is 1. The number of likely N-dealkylation sites (tertiary alicyclic amines) is 1. The summed E-state index contributed by atoms with van der Waals surface area (Å²) < 4.78 is 5.50. The van der Waals surface area contributed by atoms with Crippen LogP contribution in [-0.2, 0) is 9.53 Å². The summed E-state index contributed by atoms with van der Waals surface area (Å²) in [5.41, 5.74) is 0. The first-order chi connectivity index (χ1) is 8.81. The molecule has 0 unspecified atom stereocenters. The Labute approximate surface area is 108 Å². The van der Waals surface area contributed by atoms with Crippen molar-refractivity contribution in [3.8, 4) is 0 Å². The van der Waals surface area contributed by atoms with Gasteiger partial charge in [0, 0.05) is 13.1 Å². The summed E-state index contributed by atoms with van der Waals surface area (Å²) >= 11 is 0. The Bertz CT molecular complexity index is 259. The van der Waals surface area contributed by atoms with Gasteiger partial charge in [0.25, 0.3) is 0 Å². The van der Waals surface area contributed by atoms with E-state index in [-0.39, 0.29) is 24.7 Å². The molecule has 2 N–H and O–H groups in total. The van der Waals surface area contributed by atoms with Gasteiger partial charge in [-0.25, -0.2) is 0 Å². The van der Waals surface area contributed by atoms with E-state index in [0.29, 0.717) is 6.61 Å². The van der Waals surface area contributed by atoms with Crippen molar-refractivity contribution < 1.29 is 14.6 Å². The van der Waals surface area contributed by atoms with Crippen LogP contribution >= 0.6 is 0 Å². The fraction of sp³-hybridized carbons (Fsp3) is 0.923. The Morgan fingerprint density at radius 3 is 2.67 bits per heavy atom. The van der Waals surface area contributed by atoms with Crippen LogP contribution in [0.2, 0.25) is 0 Å². The highest BCUT2D eigenvalue weighted by molar-refractivity contribution is 5.82. The molecule has 0 bridgehead atoms. The van der Waals surface area contributed by atoms with Gasteiger partial charge < -0.3 is 20.1 Å². The van der Waals surface area contributed by atoms with Gasteiger partial charge in [-0.15, -0.1) is 0 Å². The third-order valence-electron chi connectivity index (χ3n) is 3.81. The quantitative estimate of drug-likeness (QED) is 0.750. The smallest absolute Gasteiger partial charge is 0.239 e. The molecule has 2 fully saturated rings. The second-order valence-electron chi connectivity index (χ2n) is 5.12. The highest BCUT2D eigenvalue weighted by atomic mass is 16.5. The maximum atomic E-state index is 12.3. The molecule has 0 aromatic carbocycles. The van der Waals surface area contributed by atoms with Gasteiger partial charge in [0.2, 0.25) is 5.91 Å². The summed E-state index contributed by atoms with van der Waals surface area (Å²) in [6.45, 7) is 3.01. The van der Waals surface area contributed by atoms with Gasteiger partial charge >= 0.3 is 0 Å². The number of amides is 1. The zero-order chi connectivity index (χ0) is 12.8. The Kier molecular flexibility index (Phi) is 5.41. The van der Waals surface area contributed by atoms with Crippen molar-refractivity contribution in [2.24, 2.45) is 0 Å². The number of aliphatic hydroxyl groups excluding tert-OH is 1. The zero-order valence-electron chi connectivity index (χ0n) is 10.9. The first kappa shape index (κ1) is 13.8. The molecule has 5 heteroatoms. The standard InChI is InChI=1S/C13H24N2O3/c16-9-10-18-11-4-7-15(8-5-11)13(17)12-3-1-2-6-14-12/h11-12,14,16H,1-10H2/t12-/m1/s1. The van der Waals surface area contributed by atoms with Crippen LogP contribution in [0, 0.1) is 0 Å². The molecule has 2 saturated heterocycles. The lowest BCUT2D eigenvalue weighted by atomic mass is 10.0. The first-order valence-corrected chi connectivity index (χ1v) is 7.06. The van der Waals surface area contributed by atoms with E-state index in [9.17, 15) is 4.79 Å². The van der Waals surface area contributed by atoms with Gasteiger partial charge in [-0.2, -0.15) is 0 Å². The third-order valence-corrected chi connectivity index (χ3v) is 3.81. The monoisotopic (exact) mass is 256 g/mol. The predicted molar refractivity (Wildman–Crippen MR) is 68.3 cm³/mol. The van der Waals surface area contributed by atoms with E-state index in [1.54, 1.807) is 0 Å². The van der Waals surface area contributed by atoms with E-state index in [2.05, 4.69) is 5.32 Å². The molecule has 18 heavy (non-hydrogen) atoms. The van der Waals surface area contributed by atoms with Gasteiger partial charge in [-0.3, -0.25) is 4.79 Å². The van der Waals surface area contributed by atoms with Gasteiger partial charge in [0.1, 0.15) is 0 Å². The number of hydrogen-bond acceptors (Lipinski definition) is 4. The number of aliphatic hydroxyl groups is 1. The zero-order valence-corrected chi connectivity index (χ0v) is 10.9. The number of rotatable bonds is 4. The summed E-state index contributed by atoms with van der Waals surface area (Å²) in [5, 5.41) is 12.0. The fourth-order valence-corrected chi connectivity index (χ4v) is 2.75. The molecule has 0 aromatic heterocycles. The minimum Gasteiger partial charge on any atom is -0.394 e. The van der Waals surface area contributed by atoms with Crippen LogP contribution in [0.5, 0.6) is 0 Å². The van der Waals surface area contributed by atoms with Crippen molar-refractivity contribution in [1.29, 1.82) is 0 Å². The number of carbonyl (C=O) groups excluding carboxylic acids is 1. The van der Waals surface area contributed by atoms with Crippen LogP contribution in [0.25, 0.3) is 0 Å². The van der Waals surface area contributed by atoms with Gasteiger partial charge in [0.15, 0.2) is 0 Å². The number of piperidine rings is 2. The number of nitrogens with one attached hydrogen (secondary N) is 1. The van der Waals surface area contributed by atoms with E-state index in [1.807, 2.05) is 4.90 Å². The summed E-state index contributed by atoms with van der Waals surface area (Å²) in [7, 11) is 0. The van der Waals surface area contributed by atoms with E-state index in [0.717, 1.165) is 45.3 Å². The third kappa shape index (κ3) is 3.67. The molecule has 5 nitrogen and oxygen atoms in total. The molecule has 0 aromatic rings. The molecule has 0 saturated carbocycles. The summed E-state index contributed by atoms with van der Waals surface area (Å²) in [4.78, 5) is 14.2. The average molecular weight is 256 g/mol. The molecular formula is C13H24N2O3. The Hall–Kier alpha value is -0.650. The van der Waals surface area contributed by atoms with E-state index < -0.39 is 0 Å². The van der Waals surface area contributed by atoms with Crippen LogP contribution in [0.4, 0.5) is 0 Å². The number of hydrogen-bond donors (Lipinski definition) is 2. The molecule has 2 aliphatic heterocycles. The van der Waals surface area contributed by atoms with Gasteiger partial charge in [0.05, 0.1) is 25.4 Å². The predicted octanol–water partition coefficient (Wildman–Crippen LogP) is 0.128.